The van der Waals surface area contributed by atoms with E-state index in [1.54, 1.807) is 49.5 Å². The van der Waals surface area contributed by atoms with Gasteiger partial charge in [-0.1, -0.05) is 48.5 Å². The zero-order valence-electron chi connectivity index (χ0n) is 11.3. The summed E-state index contributed by atoms with van der Waals surface area (Å²) < 4.78 is 41.0. The molecule has 2 aromatic carbocycles. The number of rotatable bonds is 1. The average molecular weight is 293 g/mol. The Morgan fingerprint density at radius 2 is 1.57 bits per heavy atom. The molecule has 1 aliphatic rings. The minimum atomic E-state index is -4.77. The van der Waals surface area contributed by atoms with Gasteiger partial charge in [0, 0.05) is 18.3 Å². The van der Waals surface area contributed by atoms with Crippen LogP contribution in [-0.2, 0) is 5.60 Å². The number of anilines is 1. The Bertz CT molecular complexity index is 656. The normalized spacial score (nSPS) is 25.0. The highest BCUT2D eigenvalue weighted by molar-refractivity contribution is 5.64. The molecule has 0 radical (unpaired) electrons. The van der Waals surface area contributed by atoms with Crippen molar-refractivity contribution < 1.29 is 18.3 Å². The lowest BCUT2D eigenvalue weighted by atomic mass is 9.85. The molecule has 5 heteroatoms. The summed E-state index contributed by atoms with van der Waals surface area (Å²) in [5, 5.41) is 10.6. The van der Waals surface area contributed by atoms with Crippen LogP contribution < -0.4 is 4.90 Å². The number of hydrogen-bond donors (Lipinski definition) is 1. The zero-order chi connectivity index (χ0) is 15.3. The van der Waals surface area contributed by atoms with E-state index < -0.39 is 17.8 Å². The molecule has 1 heterocycles. The number of benzene rings is 2. The topological polar surface area (TPSA) is 23.5 Å². The Morgan fingerprint density at radius 1 is 1.00 bits per heavy atom. The van der Waals surface area contributed by atoms with Gasteiger partial charge in [-0.15, -0.1) is 0 Å². The maximum Gasteiger partial charge on any atom is 0.423 e. The van der Waals surface area contributed by atoms with E-state index >= 15 is 0 Å². The fourth-order valence-corrected chi connectivity index (χ4v) is 3.08. The highest BCUT2D eigenvalue weighted by atomic mass is 19.4. The predicted octanol–water partition coefficient (Wildman–Crippen LogP) is 3.63. The molecule has 0 aromatic heterocycles. The number of halogens is 3. The van der Waals surface area contributed by atoms with Gasteiger partial charge < -0.3 is 10.0 Å². The Balaban J connectivity index is 2.25. The van der Waals surface area contributed by atoms with Crippen molar-refractivity contribution in [3.63, 3.8) is 0 Å². The molecule has 0 saturated carbocycles. The first-order valence-corrected chi connectivity index (χ1v) is 6.53. The molecule has 2 nitrogen and oxygen atoms in total. The number of hydrogen-bond acceptors (Lipinski definition) is 2. The molecule has 0 spiro atoms. The molecule has 110 valence electrons. The largest absolute Gasteiger partial charge is 0.423 e. The number of nitrogens with zero attached hydrogens (tertiary/aromatic N) is 1. The van der Waals surface area contributed by atoms with Gasteiger partial charge in [0.1, 0.15) is 0 Å². The van der Waals surface area contributed by atoms with E-state index in [-0.39, 0.29) is 5.56 Å². The summed E-state index contributed by atoms with van der Waals surface area (Å²) in [6.45, 7) is 0. The number of fused-ring (bicyclic) bond motifs is 1. The molecule has 2 aromatic rings. The summed E-state index contributed by atoms with van der Waals surface area (Å²) in [6, 6.07) is 13.2. The summed E-state index contributed by atoms with van der Waals surface area (Å²) in [6.07, 6.45) is -4.77. The Morgan fingerprint density at radius 3 is 2.19 bits per heavy atom. The summed E-state index contributed by atoms with van der Waals surface area (Å²) >= 11 is 0. The molecular weight excluding hydrogens is 279 g/mol. The van der Waals surface area contributed by atoms with Crippen LogP contribution in [0.15, 0.2) is 54.6 Å². The van der Waals surface area contributed by atoms with Gasteiger partial charge in [-0.3, -0.25) is 0 Å². The van der Waals surface area contributed by atoms with Gasteiger partial charge in [0.15, 0.2) is 0 Å². The van der Waals surface area contributed by atoms with Gasteiger partial charge in [0.25, 0.3) is 0 Å². The summed E-state index contributed by atoms with van der Waals surface area (Å²) in [4.78, 5) is 1.48. The second-order valence-corrected chi connectivity index (χ2v) is 5.21. The van der Waals surface area contributed by atoms with Crippen LogP contribution in [0.3, 0.4) is 0 Å². The van der Waals surface area contributed by atoms with Crippen LogP contribution in [0.1, 0.15) is 17.2 Å². The van der Waals surface area contributed by atoms with Gasteiger partial charge in [-0.25, -0.2) is 0 Å². The first kappa shape index (κ1) is 13.9. The first-order chi connectivity index (χ1) is 9.87. The van der Waals surface area contributed by atoms with E-state index in [1.165, 1.54) is 17.0 Å². The zero-order valence-corrected chi connectivity index (χ0v) is 11.3. The molecule has 1 N–H and O–H groups in total. The monoisotopic (exact) mass is 293 g/mol. The van der Waals surface area contributed by atoms with E-state index in [9.17, 15) is 18.3 Å². The lowest BCUT2D eigenvalue weighted by Gasteiger charge is -2.35. The maximum absolute atomic E-state index is 13.7. The molecule has 0 unspecified atom stereocenters. The second kappa shape index (κ2) is 4.49. The van der Waals surface area contributed by atoms with E-state index in [1.807, 2.05) is 0 Å². The van der Waals surface area contributed by atoms with Crippen molar-refractivity contribution in [1.82, 2.24) is 0 Å². The van der Waals surface area contributed by atoms with E-state index in [4.69, 9.17) is 0 Å². The molecule has 0 bridgehead atoms. The van der Waals surface area contributed by atoms with E-state index in [2.05, 4.69) is 0 Å². The Kier molecular flexibility index (Phi) is 2.99. The maximum atomic E-state index is 13.7. The molecule has 0 fully saturated rings. The van der Waals surface area contributed by atoms with Crippen LogP contribution in [0.25, 0.3) is 0 Å². The van der Waals surface area contributed by atoms with Crippen molar-refractivity contribution in [2.24, 2.45) is 0 Å². The lowest BCUT2D eigenvalue weighted by molar-refractivity contribution is -0.272. The van der Waals surface area contributed by atoms with Crippen LogP contribution in [0.2, 0.25) is 0 Å². The Labute approximate surface area is 120 Å². The quantitative estimate of drug-likeness (QED) is 0.868. The SMILES string of the molecule is CN1c2ccccc2[C@@](O)(C(F)(F)F)[C@H]1c1ccccc1. The highest BCUT2D eigenvalue weighted by Gasteiger charge is 2.65. The van der Waals surface area contributed by atoms with E-state index in [0.717, 1.165) is 0 Å². The average Bonchev–Trinajstić information content (AvgIpc) is 2.70. The standard InChI is InChI=1S/C16H14F3NO/c1-20-13-10-6-5-9-12(13)15(21,16(17,18)19)14(20)11-7-3-2-4-8-11/h2-10,14,21H,1H3/t14-,15+/m1/s1. The lowest BCUT2D eigenvalue weighted by Crippen LogP contribution is -2.47. The smallest absolute Gasteiger partial charge is 0.374 e. The molecular formula is C16H14F3NO. The minimum absolute atomic E-state index is 0.103. The third kappa shape index (κ3) is 1.84. The summed E-state index contributed by atoms with van der Waals surface area (Å²) in [7, 11) is 1.57. The molecule has 2 atom stereocenters. The molecule has 0 saturated heterocycles. The van der Waals surface area contributed by atoms with Crippen molar-refractivity contribution >= 4 is 5.69 Å². The third-order valence-electron chi connectivity index (χ3n) is 4.03. The van der Waals surface area contributed by atoms with Crippen molar-refractivity contribution in [2.75, 3.05) is 11.9 Å². The van der Waals surface area contributed by atoms with Crippen molar-refractivity contribution in [2.45, 2.75) is 17.8 Å². The van der Waals surface area contributed by atoms with Crippen LogP contribution in [0, 0.1) is 0 Å². The fourth-order valence-electron chi connectivity index (χ4n) is 3.08. The third-order valence-corrected chi connectivity index (χ3v) is 4.03. The van der Waals surface area contributed by atoms with Gasteiger partial charge in [0.05, 0.1) is 6.04 Å². The molecule has 0 amide bonds. The van der Waals surface area contributed by atoms with Crippen LogP contribution >= 0.6 is 0 Å². The van der Waals surface area contributed by atoms with Gasteiger partial charge in [0.2, 0.25) is 5.60 Å². The second-order valence-electron chi connectivity index (χ2n) is 5.21. The van der Waals surface area contributed by atoms with Gasteiger partial charge in [-0.2, -0.15) is 13.2 Å². The van der Waals surface area contributed by atoms with Crippen molar-refractivity contribution in [1.29, 1.82) is 0 Å². The fraction of sp³-hybridized carbons (Fsp3) is 0.250. The van der Waals surface area contributed by atoms with Crippen molar-refractivity contribution in [3.8, 4) is 0 Å². The first-order valence-electron chi connectivity index (χ1n) is 6.53. The summed E-state index contributed by atoms with van der Waals surface area (Å²) in [5.74, 6) is 0. The van der Waals surface area contributed by atoms with Gasteiger partial charge >= 0.3 is 6.18 Å². The molecule has 1 aliphatic heterocycles. The van der Waals surface area contributed by atoms with Crippen LogP contribution in [-0.4, -0.2) is 18.3 Å². The minimum Gasteiger partial charge on any atom is -0.374 e. The predicted molar refractivity (Wildman–Crippen MR) is 74.0 cm³/mol. The number of alkyl halides is 3. The molecule has 0 aliphatic carbocycles. The molecule has 3 rings (SSSR count). The van der Waals surface area contributed by atoms with Crippen LogP contribution in [0.5, 0.6) is 0 Å². The molecule has 21 heavy (non-hydrogen) atoms. The Hall–Kier alpha value is -2.01. The number of likely N-dealkylation sites (N-methyl/N-ethyl adjacent to an activating group) is 1. The van der Waals surface area contributed by atoms with Crippen LogP contribution in [0.4, 0.5) is 18.9 Å². The van der Waals surface area contributed by atoms with E-state index in [0.29, 0.717) is 11.3 Å². The number of para-hydroxylation sites is 1. The number of aliphatic hydroxyl groups is 1. The van der Waals surface area contributed by atoms with Gasteiger partial charge in [-0.05, 0) is 11.6 Å². The van der Waals surface area contributed by atoms with Crippen molar-refractivity contribution in [3.05, 3.63) is 65.7 Å². The highest BCUT2D eigenvalue weighted by Crippen LogP contribution is 2.57. The summed E-state index contributed by atoms with van der Waals surface area (Å²) in [5.41, 5.74) is -2.20.